The number of benzene rings is 3. The van der Waals surface area contributed by atoms with Crippen molar-refractivity contribution in [3.8, 4) is 11.1 Å². The smallest absolute Gasteiger partial charge is 0.169 e. The number of halogens is 2. The van der Waals surface area contributed by atoms with E-state index < -0.39 is 5.82 Å². The minimum absolute atomic E-state index is 0.0738. The number of rotatable bonds is 7. The Morgan fingerprint density at radius 2 is 1.69 bits per heavy atom. The van der Waals surface area contributed by atoms with Crippen molar-refractivity contribution in [3.05, 3.63) is 106 Å². The van der Waals surface area contributed by atoms with Gasteiger partial charge in [0.05, 0.1) is 10.9 Å². The van der Waals surface area contributed by atoms with Gasteiger partial charge in [0.25, 0.3) is 0 Å². The van der Waals surface area contributed by atoms with E-state index in [-0.39, 0.29) is 35.7 Å². The molecule has 0 saturated carbocycles. The molecule has 0 amide bonds. The lowest BCUT2D eigenvalue weighted by Crippen LogP contribution is -2.12. The molecule has 0 bridgehead atoms. The first kappa shape index (κ1) is 21.6. The Morgan fingerprint density at radius 3 is 2.38 bits per heavy atom. The molecule has 8 heteroatoms. The van der Waals surface area contributed by atoms with Crippen molar-refractivity contribution in [3.63, 3.8) is 0 Å². The Kier molecular flexibility index (Phi) is 6.51. The first-order chi connectivity index (χ1) is 15.5. The molecule has 1 N–H and O–H groups in total. The number of Topliss-reactive ketones (excluding diaryl/α,β-unsaturated/α-hetero) is 1. The molecule has 32 heavy (non-hydrogen) atoms. The highest BCUT2D eigenvalue weighted by Crippen LogP contribution is 2.21. The first-order valence-electron chi connectivity index (χ1n) is 9.70. The molecule has 6 nitrogen and oxygen atoms in total. The fourth-order valence-electron chi connectivity index (χ4n) is 3.28. The largest absolute Gasteiger partial charge is 0.411 e. The van der Waals surface area contributed by atoms with Crippen LogP contribution in [0.5, 0.6) is 0 Å². The molecule has 0 unspecified atom stereocenters. The zero-order chi connectivity index (χ0) is 22.5. The first-order valence-corrected chi connectivity index (χ1v) is 10.5. The van der Waals surface area contributed by atoms with E-state index >= 15 is 0 Å². The van der Waals surface area contributed by atoms with E-state index in [1.807, 2.05) is 42.5 Å². The minimum atomic E-state index is -0.399. The quantitative estimate of drug-likeness (QED) is 0.159. The summed E-state index contributed by atoms with van der Waals surface area (Å²) in [5.41, 5.74) is 3.87. The van der Waals surface area contributed by atoms with Gasteiger partial charge in [0.15, 0.2) is 11.5 Å². The highest BCUT2D eigenvalue weighted by Gasteiger charge is 2.21. The van der Waals surface area contributed by atoms with E-state index in [0.717, 1.165) is 11.1 Å². The molecule has 0 aliphatic rings. The molecule has 0 fully saturated rings. The lowest BCUT2D eigenvalue weighted by Gasteiger charge is -2.05. The van der Waals surface area contributed by atoms with Gasteiger partial charge in [-0.2, -0.15) is 0 Å². The van der Waals surface area contributed by atoms with Crippen LogP contribution in [0.4, 0.5) is 4.39 Å². The van der Waals surface area contributed by atoms with E-state index in [4.69, 9.17) is 4.63 Å². The van der Waals surface area contributed by atoms with Crippen molar-refractivity contribution in [2.75, 3.05) is 0 Å². The SMILES string of the molecule is O=C(Cc1nonc1/C(Cc1ccc(F)c(Br)c1)=N/O)c1ccc(-c2ccccc2)cc1. The zero-order valence-electron chi connectivity index (χ0n) is 16.7. The minimum Gasteiger partial charge on any atom is -0.411 e. The third kappa shape index (κ3) is 4.81. The van der Waals surface area contributed by atoms with Crippen molar-refractivity contribution >= 4 is 27.4 Å². The normalized spacial score (nSPS) is 11.5. The number of aromatic nitrogens is 2. The predicted molar refractivity (Wildman–Crippen MR) is 120 cm³/mol. The molecule has 3 aromatic carbocycles. The summed E-state index contributed by atoms with van der Waals surface area (Å²) in [7, 11) is 0. The Labute approximate surface area is 191 Å². The maximum atomic E-state index is 13.5. The molecule has 0 radical (unpaired) electrons. The summed E-state index contributed by atoms with van der Waals surface area (Å²) >= 11 is 3.13. The van der Waals surface area contributed by atoms with Crippen molar-refractivity contribution in [1.82, 2.24) is 10.3 Å². The maximum Gasteiger partial charge on any atom is 0.169 e. The van der Waals surface area contributed by atoms with Gasteiger partial charge in [0, 0.05) is 12.0 Å². The number of carbonyl (C=O) groups excluding carboxylic acids is 1. The fraction of sp³-hybridized carbons (Fsp3) is 0.0833. The summed E-state index contributed by atoms with van der Waals surface area (Å²) in [5.74, 6) is -0.577. The third-order valence-electron chi connectivity index (χ3n) is 4.95. The lowest BCUT2D eigenvalue weighted by molar-refractivity contribution is 0.0990. The second-order valence-corrected chi connectivity index (χ2v) is 7.93. The topological polar surface area (TPSA) is 88.6 Å². The van der Waals surface area contributed by atoms with Gasteiger partial charge < -0.3 is 5.21 Å². The molecule has 0 spiro atoms. The Morgan fingerprint density at radius 1 is 0.969 bits per heavy atom. The van der Waals surface area contributed by atoms with Crippen LogP contribution in [-0.2, 0) is 12.8 Å². The van der Waals surface area contributed by atoms with E-state index in [2.05, 4.69) is 31.4 Å². The van der Waals surface area contributed by atoms with Crippen LogP contribution in [0.15, 0.2) is 87.1 Å². The molecular formula is C24H17BrFN3O3. The summed E-state index contributed by atoms with van der Waals surface area (Å²) < 4.78 is 18.6. The average Bonchev–Trinajstić information content (AvgIpc) is 3.28. The van der Waals surface area contributed by atoms with E-state index in [0.29, 0.717) is 15.6 Å². The molecule has 0 aliphatic carbocycles. The highest BCUT2D eigenvalue weighted by atomic mass is 79.9. The van der Waals surface area contributed by atoms with Gasteiger partial charge in [0.2, 0.25) is 0 Å². The van der Waals surface area contributed by atoms with Crippen LogP contribution in [0, 0.1) is 5.82 Å². The van der Waals surface area contributed by atoms with Crippen molar-refractivity contribution in [2.45, 2.75) is 12.8 Å². The molecule has 4 aromatic rings. The molecule has 0 atom stereocenters. The number of ketones is 1. The lowest BCUT2D eigenvalue weighted by atomic mass is 9.99. The van der Waals surface area contributed by atoms with Crippen LogP contribution in [0.25, 0.3) is 11.1 Å². The van der Waals surface area contributed by atoms with Crippen LogP contribution in [0.3, 0.4) is 0 Å². The third-order valence-corrected chi connectivity index (χ3v) is 5.56. The second-order valence-electron chi connectivity index (χ2n) is 7.07. The van der Waals surface area contributed by atoms with E-state index in [1.165, 1.54) is 6.07 Å². The second kappa shape index (κ2) is 9.65. The summed E-state index contributed by atoms with van der Waals surface area (Å²) in [5, 5.41) is 20.4. The Hall–Kier alpha value is -3.65. The van der Waals surface area contributed by atoms with Crippen LogP contribution in [0.2, 0.25) is 0 Å². The molecular weight excluding hydrogens is 477 g/mol. The summed E-state index contributed by atoms with van der Waals surface area (Å²) in [6.45, 7) is 0. The van der Waals surface area contributed by atoms with Crippen LogP contribution < -0.4 is 0 Å². The summed E-state index contributed by atoms with van der Waals surface area (Å²) in [6, 6.07) is 21.6. The standard InChI is InChI=1S/C24H17BrFN3O3/c25-19-12-15(6-11-20(19)26)13-21(27-31)24-22(28-32-29-24)14-23(30)18-9-7-17(8-10-18)16-4-2-1-3-5-16/h1-12,31H,13-14H2/b27-21+. The zero-order valence-corrected chi connectivity index (χ0v) is 18.3. The molecule has 160 valence electrons. The molecule has 4 rings (SSSR count). The van der Waals surface area contributed by atoms with Gasteiger partial charge in [0.1, 0.15) is 17.2 Å². The van der Waals surface area contributed by atoms with E-state index in [1.54, 1.807) is 24.3 Å². The van der Waals surface area contributed by atoms with Gasteiger partial charge in [-0.05, 0) is 49.9 Å². The number of hydrogen-bond acceptors (Lipinski definition) is 6. The fourth-order valence-corrected chi connectivity index (χ4v) is 3.71. The van der Waals surface area contributed by atoms with Crippen molar-refractivity contribution in [1.29, 1.82) is 0 Å². The van der Waals surface area contributed by atoms with Crippen molar-refractivity contribution < 1.29 is 19.0 Å². The van der Waals surface area contributed by atoms with Crippen LogP contribution in [-0.4, -0.2) is 27.0 Å². The van der Waals surface area contributed by atoms with Crippen LogP contribution in [0.1, 0.15) is 27.3 Å². The monoisotopic (exact) mass is 493 g/mol. The Balaban J connectivity index is 1.50. The summed E-state index contributed by atoms with van der Waals surface area (Å²) in [4.78, 5) is 12.8. The Bertz CT molecular complexity index is 1270. The van der Waals surface area contributed by atoms with Crippen LogP contribution >= 0.6 is 15.9 Å². The number of hydrogen-bond donors (Lipinski definition) is 1. The van der Waals surface area contributed by atoms with Gasteiger partial charge in [-0.3, -0.25) is 4.79 Å². The molecule has 0 aliphatic heterocycles. The molecule has 1 heterocycles. The maximum absolute atomic E-state index is 13.5. The average molecular weight is 494 g/mol. The number of carbonyl (C=O) groups is 1. The highest BCUT2D eigenvalue weighted by molar-refractivity contribution is 9.10. The summed E-state index contributed by atoms with van der Waals surface area (Å²) in [6.07, 6.45) is 0.0756. The number of nitrogens with zero attached hydrogens (tertiary/aromatic N) is 3. The van der Waals surface area contributed by atoms with Gasteiger partial charge >= 0.3 is 0 Å². The van der Waals surface area contributed by atoms with Gasteiger partial charge in [-0.25, -0.2) is 9.02 Å². The van der Waals surface area contributed by atoms with Gasteiger partial charge in [-0.1, -0.05) is 71.0 Å². The predicted octanol–water partition coefficient (Wildman–Crippen LogP) is 5.48. The van der Waals surface area contributed by atoms with E-state index in [9.17, 15) is 14.4 Å². The molecule has 1 aromatic heterocycles. The number of oxime groups is 1. The van der Waals surface area contributed by atoms with Crippen molar-refractivity contribution in [2.24, 2.45) is 5.16 Å². The molecule has 0 saturated heterocycles. The van der Waals surface area contributed by atoms with Gasteiger partial charge in [-0.15, -0.1) is 0 Å².